The number of aromatic nitrogens is 4. The SMILES string of the molecule is CCCCCCCCCCCCCCCCOC(=O)CCC(=O)Nc1cc(-c2nn3nc(C(C)(C)C)c(Cl)c3[nH]2)ccc1OC. The zero-order valence-corrected chi connectivity index (χ0v) is 28.9. The number of unbranched alkanes of at least 4 members (excludes halogenated alkanes) is 13. The first-order valence-electron chi connectivity index (χ1n) is 16.9. The lowest BCUT2D eigenvalue weighted by atomic mass is 9.92. The fourth-order valence-corrected chi connectivity index (χ4v) is 5.79. The summed E-state index contributed by atoms with van der Waals surface area (Å²) >= 11 is 6.58. The Morgan fingerprint density at radius 2 is 1.49 bits per heavy atom. The molecule has 0 atom stereocenters. The summed E-state index contributed by atoms with van der Waals surface area (Å²) in [6.07, 6.45) is 18.0. The van der Waals surface area contributed by atoms with Gasteiger partial charge < -0.3 is 19.8 Å². The van der Waals surface area contributed by atoms with Gasteiger partial charge in [-0.1, -0.05) is 123 Å². The van der Waals surface area contributed by atoms with Crippen LogP contribution in [0.3, 0.4) is 0 Å². The molecule has 0 saturated carbocycles. The largest absolute Gasteiger partial charge is 0.495 e. The summed E-state index contributed by atoms with van der Waals surface area (Å²) in [7, 11) is 1.54. The molecule has 250 valence electrons. The Bertz CT molecular complexity index is 1340. The van der Waals surface area contributed by atoms with Crippen LogP contribution in [0.5, 0.6) is 5.75 Å². The molecule has 0 aliphatic heterocycles. The summed E-state index contributed by atoms with van der Waals surface area (Å²) in [4.78, 5) is 28.1. The van der Waals surface area contributed by atoms with Gasteiger partial charge in [-0.2, -0.15) is 5.10 Å². The minimum atomic E-state index is -0.356. The molecule has 0 bridgehead atoms. The summed E-state index contributed by atoms with van der Waals surface area (Å²) in [5.74, 6) is 0.388. The first kappa shape index (κ1) is 36.4. The second-order valence-electron chi connectivity index (χ2n) is 13.0. The third kappa shape index (κ3) is 12.0. The van der Waals surface area contributed by atoms with E-state index >= 15 is 0 Å². The van der Waals surface area contributed by atoms with Crippen LogP contribution in [0.25, 0.3) is 17.0 Å². The maximum Gasteiger partial charge on any atom is 0.306 e. The van der Waals surface area contributed by atoms with E-state index in [1.807, 2.05) is 26.8 Å². The highest BCUT2D eigenvalue weighted by molar-refractivity contribution is 6.34. The number of nitrogens with one attached hydrogen (secondary N) is 2. The number of carbonyl (C=O) groups is 2. The molecule has 3 rings (SSSR count). The van der Waals surface area contributed by atoms with Gasteiger partial charge in [0, 0.05) is 17.4 Å². The van der Waals surface area contributed by atoms with E-state index in [1.165, 1.54) is 88.8 Å². The average Bonchev–Trinajstić information content (AvgIpc) is 3.57. The Morgan fingerprint density at radius 1 is 0.889 bits per heavy atom. The van der Waals surface area contributed by atoms with Crippen molar-refractivity contribution in [3.63, 3.8) is 0 Å². The fraction of sp³-hybridized carbons (Fsp3) is 0.657. The van der Waals surface area contributed by atoms with Gasteiger partial charge in [-0.05, 0) is 24.6 Å². The van der Waals surface area contributed by atoms with Crippen molar-refractivity contribution >= 4 is 34.8 Å². The average molecular weight is 644 g/mol. The lowest BCUT2D eigenvalue weighted by Crippen LogP contribution is -2.15. The van der Waals surface area contributed by atoms with Gasteiger partial charge in [-0.15, -0.1) is 9.73 Å². The van der Waals surface area contributed by atoms with Crippen LogP contribution in [0.2, 0.25) is 5.02 Å². The lowest BCUT2D eigenvalue weighted by Gasteiger charge is -2.14. The third-order valence-electron chi connectivity index (χ3n) is 8.02. The first-order chi connectivity index (χ1) is 21.6. The van der Waals surface area contributed by atoms with E-state index in [1.54, 1.807) is 12.1 Å². The van der Waals surface area contributed by atoms with E-state index in [0.29, 0.717) is 34.5 Å². The molecular formula is C35H54ClN5O4. The van der Waals surface area contributed by atoms with Crippen molar-refractivity contribution in [2.24, 2.45) is 0 Å². The van der Waals surface area contributed by atoms with E-state index < -0.39 is 0 Å². The molecule has 2 heterocycles. The van der Waals surface area contributed by atoms with Gasteiger partial charge in [0.15, 0.2) is 11.5 Å². The molecule has 9 nitrogen and oxygen atoms in total. The summed E-state index contributed by atoms with van der Waals surface area (Å²) < 4.78 is 12.3. The summed E-state index contributed by atoms with van der Waals surface area (Å²) in [5, 5.41) is 12.5. The van der Waals surface area contributed by atoms with Crippen molar-refractivity contribution in [3.05, 3.63) is 28.9 Å². The number of fused-ring (bicyclic) bond motifs is 1. The summed E-state index contributed by atoms with van der Waals surface area (Å²) in [6.45, 7) is 8.79. The Labute approximate surface area is 274 Å². The smallest absolute Gasteiger partial charge is 0.306 e. The molecule has 2 aromatic heterocycles. The van der Waals surface area contributed by atoms with Crippen LogP contribution in [0, 0.1) is 0 Å². The van der Waals surface area contributed by atoms with Gasteiger partial charge in [-0.3, -0.25) is 9.59 Å². The number of methoxy groups -OCH3 is 1. The highest BCUT2D eigenvalue weighted by atomic mass is 35.5. The zero-order chi connectivity index (χ0) is 32.7. The number of amides is 1. The summed E-state index contributed by atoms with van der Waals surface area (Å²) in [6, 6.07) is 5.35. The van der Waals surface area contributed by atoms with Crippen LogP contribution in [0.15, 0.2) is 18.2 Å². The van der Waals surface area contributed by atoms with Crippen molar-refractivity contribution in [1.82, 2.24) is 19.8 Å². The third-order valence-corrected chi connectivity index (χ3v) is 8.37. The number of H-pyrrole nitrogens is 1. The standard InChI is InChI=1S/C35H54ClN5O4/c1-6-7-8-9-10-11-12-13-14-15-16-17-18-19-24-45-30(43)23-22-29(42)37-27-25-26(20-21-28(27)44-5)33-38-34-31(36)32(35(2,3)4)39-41(34)40-33/h20-21,25H,6-19,22-24H2,1-5H3,(H,37,42)(H,38,40). The molecule has 2 N–H and O–H groups in total. The van der Waals surface area contributed by atoms with Crippen LogP contribution in [0.1, 0.15) is 136 Å². The second kappa shape index (κ2) is 18.8. The molecule has 0 unspecified atom stereocenters. The van der Waals surface area contributed by atoms with E-state index in [9.17, 15) is 9.59 Å². The highest BCUT2D eigenvalue weighted by Gasteiger charge is 2.25. The number of benzene rings is 1. The maximum atomic E-state index is 12.7. The predicted molar refractivity (Wildman–Crippen MR) is 182 cm³/mol. The Kier molecular flexibility index (Phi) is 15.2. The highest BCUT2D eigenvalue weighted by Crippen LogP contribution is 2.33. The fourth-order valence-electron chi connectivity index (χ4n) is 5.34. The normalized spacial score (nSPS) is 11.7. The number of hydrogen-bond acceptors (Lipinski definition) is 6. The van der Waals surface area contributed by atoms with Crippen LogP contribution in [-0.4, -0.2) is 45.4 Å². The minimum absolute atomic E-state index is 0.0186. The number of aromatic amines is 1. The van der Waals surface area contributed by atoms with Crippen LogP contribution < -0.4 is 10.1 Å². The molecule has 3 aromatic rings. The molecule has 0 aliphatic rings. The number of rotatable bonds is 21. The van der Waals surface area contributed by atoms with Crippen LogP contribution >= 0.6 is 11.6 Å². The monoisotopic (exact) mass is 643 g/mol. The van der Waals surface area contributed by atoms with Gasteiger partial charge in [0.2, 0.25) is 5.91 Å². The Morgan fingerprint density at radius 3 is 2.04 bits per heavy atom. The maximum absolute atomic E-state index is 12.7. The van der Waals surface area contributed by atoms with E-state index in [0.717, 1.165) is 24.1 Å². The zero-order valence-electron chi connectivity index (χ0n) is 28.1. The molecule has 0 spiro atoms. The quantitative estimate of drug-likeness (QED) is 0.0883. The molecule has 1 amide bonds. The van der Waals surface area contributed by atoms with Gasteiger partial charge in [-0.25, -0.2) is 0 Å². The molecule has 1 aromatic carbocycles. The van der Waals surface area contributed by atoms with E-state index in [2.05, 4.69) is 27.4 Å². The number of ether oxygens (including phenoxy) is 2. The topological polar surface area (TPSA) is 111 Å². The second-order valence-corrected chi connectivity index (χ2v) is 13.4. The molecule has 45 heavy (non-hydrogen) atoms. The molecule has 0 aliphatic carbocycles. The molecule has 10 heteroatoms. The van der Waals surface area contributed by atoms with Gasteiger partial charge >= 0.3 is 5.97 Å². The number of hydrogen-bond donors (Lipinski definition) is 2. The molecule has 0 fully saturated rings. The molecular weight excluding hydrogens is 590 g/mol. The van der Waals surface area contributed by atoms with Gasteiger partial charge in [0.1, 0.15) is 10.8 Å². The van der Waals surface area contributed by atoms with Gasteiger partial charge in [0.25, 0.3) is 0 Å². The minimum Gasteiger partial charge on any atom is -0.495 e. The van der Waals surface area contributed by atoms with Crippen molar-refractivity contribution in [2.45, 2.75) is 136 Å². The Balaban J connectivity index is 1.33. The number of nitrogens with zero attached hydrogens (tertiary/aromatic N) is 3. The van der Waals surface area contributed by atoms with Crippen molar-refractivity contribution in [3.8, 4) is 17.1 Å². The van der Waals surface area contributed by atoms with E-state index in [4.69, 9.17) is 21.1 Å². The Hall–Kier alpha value is -3.07. The number of anilines is 1. The van der Waals surface area contributed by atoms with Crippen molar-refractivity contribution in [1.29, 1.82) is 0 Å². The molecule has 0 radical (unpaired) electrons. The van der Waals surface area contributed by atoms with Gasteiger partial charge in [0.05, 0.1) is 31.5 Å². The first-order valence-corrected chi connectivity index (χ1v) is 17.3. The summed E-state index contributed by atoms with van der Waals surface area (Å²) in [5.41, 5.74) is 2.34. The van der Waals surface area contributed by atoms with Crippen molar-refractivity contribution < 1.29 is 19.1 Å². The number of carbonyl (C=O) groups excluding carboxylic acids is 2. The van der Waals surface area contributed by atoms with Crippen molar-refractivity contribution in [2.75, 3.05) is 19.0 Å². The van der Waals surface area contributed by atoms with E-state index in [-0.39, 0.29) is 30.1 Å². The molecule has 0 saturated heterocycles. The lowest BCUT2D eigenvalue weighted by molar-refractivity contribution is -0.144. The number of halogens is 1. The van der Waals surface area contributed by atoms with Crippen LogP contribution in [0.4, 0.5) is 5.69 Å². The number of esters is 1. The predicted octanol–water partition coefficient (Wildman–Crippen LogP) is 9.43. The van der Waals surface area contributed by atoms with Crippen LogP contribution in [-0.2, 0) is 19.7 Å².